The van der Waals surface area contributed by atoms with Gasteiger partial charge in [0.05, 0.1) is 18.5 Å². The summed E-state index contributed by atoms with van der Waals surface area (Å²) in [6.45, 7) is 7.12. The van der Waals surface area contributed by atoms with Crippen LogP contribution in [0.15, 0.2) is 12.5 Å². The van der Waals surface area contributed by atoms with E-state index < -0.39 is 0 Å². The number of rotatable bonds is 6. The lowest BCUT2D eigenvalue weighted by atomic mass is 10.4. The molecule has 0 aliphatic carbocycles. The molecule has 0 aromatic carbocycles. The molecule has 0 fully saturated rings. The molecule has 84 valence electrons. The summed E-state index contributed by atoms with van der Waals surface area (Å²) in [6.07, 6.45) is 3.13. The van der Waals surface area contributed by atoms with Crippen LogP contribution >= 0.6 is 0 Å². The number of nitrogens with zero attached hydrogens (tertiary/aromatic N) is 3. The number of ether oxygens (including phenoxy) is 1. The van der Waals surface area contributed by atoms with Crippen molar-refractivity contribution in [3.8, 4) is 0 Å². The molecular weight excluding hydrogens is 192 g/mol. The number of likely N-dealkylation sites (N-methyl/N-ethyl adjacent to an activating group) is 1. The molecule has 0 saturated carbocycles. The molecule has 1 rings (SSSR count). The third kappa shape index (κ3) is 3.36. The van der Waals surface area contributed by atoms with Crippen LogP contribution < -0.4 is 10.6 Å². The quantitative estimate of drug-likeness (QED) is 0.707. The standard InChI is InChI=1S/C10H18N4O/c1-3-14(5-6-15-4-2)10-9(11)7-12-8-13-10/h7-8H,3-6,11H2,1-2H3. The summed E-state index contributed by atoms with van der Waals surface area (Å²) >= 11 is 0. The van der Waals surface area contributed by atoms with Crippen LogP contribution in [0.3, 0.4) is 0 Å². The van der Waals surface area contributed by atoms with E-state index in [2.05, 4.69) is 21.8 Å². The Bertz CT molecular complexity index is 293. The van der Waals surface area contributed by atoms with Gasteiger partial charge in [0.15, 0.2) is 5.82 Å². The second-order valence-corrected chi connectivity index (χ2v) is 3.08. The van der Waals surface area contributed by atoms with Gasteiger partial charge in [0, 0.05) is 19.7 Å². The summed E-state index contributed by atoms with van der Waals surface area (Å²) in [5.74, 6) is 0.784. The highest BCUT2D eigenvalue weighted by Crippen LogP contribution is 2.17. The van der Waals surface area contributed by atoms with Crippen LogP contribution in [0.1, 0.15) is 13.8 Å². The highest BCUT2D eigenvalue weighted by molar-refractivity contribution is 5.60. The number of nitrogens with two attached hydrogens (primary N) is 1. The van der Waals surface area contributed by atoms with Crippen molar-refractivity contribution in [3.63, 3.8) is 0 Å². The van der Waals surface area contributed by atoms with Gasteiger partial charge in [-0.15, -0.1) is 0 Å². The van der Waals surface area contributed by atoms with Gasteiger partial charge < -0.3 is 15.4 Å². The van der Waals surface area contributed by atoms with Gasteiger partial charge in [0.2, 0.25) is 0 Å². The van der Waals surface area contributed by atoms with E-state index in [0.29, 0.717) is 12.3 Å². The van der Waals surface area contributed by atoms with Crippen molar-refractivity contribution in [3.05, 3.63) is 12.5 Å². The summed E-state index contributed by atoms with van der Waals surface area (Å²) in [5.41, 5.74) is 6.40. The van der Waals surface area contributed by atoms with Crippen LogP contribution in [0, 0.1) is 0 Å². The van der Waals surface area contributed by atoms with Crippen molar-refractivity contribution in [2.75, 3.05) is 36.9 Å². The summed E-state index contributed by atoms with van der Waals surface area (Å²) in [4.78, 5) is 10.1. The third-order valence-electron chi connectivity index (χ3n) is 2.11. The smallest absolute Gasteiger partial charge is 0.155 e. The molecule has 5 nitrogen and oxygen atoms in total. The molecule has 15 heavy (non-hydrogen) atoms. The van der Waals surface area contributed by atoms with Crippen molar-refractivity contribution in [2.45, 2.75) is 13.8 Å². The Kier molecular flexibility index (Phi) is 4.83. The fourth-order valence-electron chi connectivity index (χ4n) is 1.33. The third-order valence-corrected chi connectivity index (χ3v) is 2.11. The molecule has 0 atom stereocenters. The lowest BCUT2D eigenvalue weighted by Gasteiger charge is -2.22. The summed E-state index contributed by atoms with van der Waals surface area (Å²) in [5, 5.41) is 0. The SMILES string of the molecule is CCOCCN(CC)c1ncncc1N. The molecule has 0 spiro atoms. The van der Waals surface area contributed by atoms with E-state index in [1.807, 2.05) is 6.92 Å². The van der Waals surface area contributed by atoms with E-state index in [9.17, 15) is 0 Å². The fraction of sp³-hybridized carbons (Fsp3) is 0.600. The van der Waals surface area contributed by atoms with Crippen LogP contribution in [-0.2, 0) is 4.74 Å². The number of aromatic nitrogens is 2. The lowest BCUT2D eigenvalue weighted by Crippen LogP contribution is -2.28. The lowest BCUT2D eigenvalue weighted by molar-refractivity contribution is 0.154. The van der Waals surface area contributed by atoms with E-state index in [4.69, 9.17) is 10.5 Å². The van der Waals surface area contributed by atoms with Crippen molar-refractivity contribution >= 4 is 11.5 Å². The van der Waals surface area contributed by atoms with Gasteiger partial charge in [-0.25, -0.2) is 9.97 Å². The van der Waals surface area contributed by atoms with Crippen LogP contribution in [-0.4, -0.2) is 36.3 Å². The molecule has 0 unspecified atom stereocenters. The van der Waals surface area contributed by atoms with Gasteiger partial charge in [0.25, 0.3) is 0 Å². The maximum absolute atomic E-state index is 5.79. The van der Waals surface area contributed by atoms with E-state index in [1.54, 1.807) is 6.20 Å². The Morgan fingerprint density at radius 1 is 1.47 bits per heavy atom. The van der Waals surface area contributed by atoms with Gasteiger partial charge in [-0.2, -0.15) is 0 Å². The van der Waals surface area contributed by atoms with Crippen molar-refractivity contribution in [1.29, 1.82) is 0 Å². The maximum Gasteiger partial charge on any atom is 0.155 e. The maximum atomic E-state index is 5.79. The van der Waals surface area contributed by atoms with E-state index in [-0.39, 0.29) is 0 Å². The van der Waals surface area contributed by atoms with Crippen LogP contribution in [0.4, 0.5) is 11.5 Å². The van der Waals surface area contributed by atoms with Gasteiger partial charge >= 0.3 is 0 Å². The van der Waals surface area contributed by atoms with Crippen LogP contribution in [0.5, 0.6) is 0 Å². The predicted octanol–water partition coefficient (Wildman–Crippen LogP) is 0.922. The van der Waals surface area contributed by atoms with E-state index in [1.165, 1.54) is 6.33 Å². The Morgan fingerprint density at radius 2 is 2.27 bits per heavy atom. The highest BCUT2D eigenvalue weighted by atomic mass is 16.5. The van der Waals surface area contributed by atoms with E-state index in [0.717, 1.165) is 25.5 Å². The molecule has 5 heteroatoms. The Labute approximate surface area is 90.3 Å². The Balaban J connectivity index is 2.61. The number of hydrogen-bond donors (Lipinski definition) is 1. The van der Waals surface area contributed by atoms with Gasteiger partial charge in [-0.3, -0.25) is 0 Å². The topological polar surface area (TPSA) is 64.3 Å². The van der Waals surface area contributed by atoms with Gasteiger partial charge in [-0.05, 0) is 13.8 Å². The molecule has 0 aliphatic heterocycles. The van der Waals surface area contributed by atoms with Crippen LogP contribution in [0.25, 0.3) is 0 Å². The first-order chi connectivity index (χ1) is 7.29. The Morgan fingerprint density at radius 3 is 2.87 bits per heavy atom. The van der Waals surface area contributed by atoms with Crippen molar-refractivity contribution in [2.24, 2.45) is 0 Å². The second kappa shape index (κ2) is 6.19. The average molecular weight is 210 g/mol. The van der Waals surface area contributed by atoms with Crippen molar-refractivity contribution in [1.82, 2.24) is 9.97 Å². The zero-order chi connectivity index (χ0) is 11.1. The molecule has 1 heterocycles. The minimum absolute atomic E-state index is 0.607. The highest BCUT2D eigenvalue weighted by Gasteiger charge is 2.08. The predicted molar refractivity (Wildman–Crippen MR) is 60.8 cm³/mol. The second-order valence-electron chi connectivity index (χ2n) is 3.08. The number of nitrogen functional groups attached to an aromatic ring is 1. The molecule has 0 aliphatic rings. The molecule has 0 saturated heterocycles. The fourth-order valence-corrected chi connectivity index (χ4v) is 1.33. The zero-order valence-electron chi connectivity index (χ0n) is 9.31. The summed E-state index contributed by atoms with van der Waals surface area (Å²) in [7, 11) is 0. The van der Waals surface area contributed by atoms with Gasteiger partial charge in [-0.1, -0.05) is 0 Å². The zero-order valence-corrected chi connectivity index (χ0v) is 9.31. The molecule has 2 N–H and O–H groups in total. The number of hydrogen-bond acceptors (Lipinski definition) is 5. The molecular formula is C10H18N4O. The van der Waals surface area contributed by atoms with Crippen molar-refractivity contribution < 1.29 is 4.74 Å². The summed E-state index contributed by atoms with van der Waals surface area (Å²) in [6, 6.07) is 0. The van der Waals surface area contributed by atoms with E-state index >= 15 is 0 Å². The average Bonchev–Trinajstić information content (AvgIpc) is 2.26. The minimum atomic E-state index is 0.607. The number of anilines is 2. The van der Waals surface area contributed by atoms with Gasteiger partial charge in [0.1, 0.15) is 6.33 Å². The Hall–Kier alpha value is -1.36. The largest absolute Gasteiger partial charge is 0.394 e. The molecule has 0 bridgehead atoms. The first-order valence-corrected chi connectivity index (χ1v) is 5.17. The first-order valence-electron chi connectivity index (χ1n) is 5.17. The monoisotopic (exact) mass is 210 g/mol. The minimum Gasteiger partial charge on any atom is -0.394 e. The normalized spacial score (nSPS) is 10.3. The molecule has 0 amide bonds. The van der Waals surface area contributed by atoms with Crippen LogP contribution in [0.2, 0.25) is 0 Å². The first kappa shape index (κ1) is 11.7. The molecule has 1 aromatic heterocycles. The molecule has 0 radical (unpaired) electrons. The summed E-state index contributed by atoms with van der Waals surface area (Å²) < 4.78 is 5.30. The molecule has 1 aromatic rings.